The second-order valence-corrected chi connectivity index (χ2v) is 5.79. The molecule has 0 bridgehead atoms. The molecule has 0 atom stereocenters. The Hall–Kier alpha value is -1.10. The minimum absolute atomic E-state index is 0.0305. The molecule has 1 aromatic heterocycles. The third-order valence-corrected chi connectivity index (χ3v) is 4.14. The Labute approximate surface area is 118 Å². The van der Waals surface area contributed by atoms with E-state index in [2.05, 4.69) is 15.3 Å². The summed E-state index contributed by atoms with van der Waals surface area (Å²) >= 11 is 1.49. The van der Waals surface area contributed by atoms with Crippen molar-refractivity contribution in [3.63, 3.8) is 0 Å². The van der Waals surface area contributed by atoms with Crippen LogP contribution in [0.5, 0.6) is 0 Å². The number of carbonyl (C=O) groups is 1. The van der Waals surface area contributed by atoms with Gasteiger partial charge < -0.3 is 5.32 Å². The molecule has 1 aliphatic rings. The number of aromatic nitrogens is 2. The maximum atomic E-state index is 12.2. The summed E-state index contributed by atoms with van der Waals surface area (Å²) in [5.41, 5.74) is 1.35. The van der Waals surface area contributed by atoms with Gasteiger partial charge in [-0.3, -0.25) is 4.79 Å². The summed E-state index contributed by atoms with van der Waals surface area (Å²) in [4.78, 5) is 20.7. The van der Waals surface area contributed by atoms with Gasteiger partial charge in [-0.15, -0.1) is 0 Å². The topological polar surface area (TPSA) is 54.9 Å². The van der Waals surface area contributed by atoms with Crippen LogP contribution >= 0.6 is 11.8 Å². The van der Waals surface area contributed by atoms with Crippen LogP contribution in [0.1, 0.15) is 54.6 Å². The summed E-state index contributed by atoms with van der Waals surface area (Å²) in [5, 5.41) is 3.84. The van der Waals surface area contributed by atoms with E-state index in [0.29, 0.717) is 16.8 Å². The Bertz CT molecular complexity index is 442. The Morgan fingerprint density at radius 3 is 2.58 bits per heavy atom. The van der Waals surface area contributed by atoms with E-state index in [-0.39, 0.29) is 5.91 Å². The van der Waals surface area contributed by atoms with Gasteiger partial charge in [0.2, 0.25) is 0 Å². The number of nitrogens with zero attached hydrogens (tertiary/aromatic N) is 2. The smallest absolute Gasteiger partial charge is 0.254 e. The predicted molar refractivity (Wildman–Crippen MR) is 77.5 cm³/mol. The quantitative estimate of drug-likeness (QED) is 0.525. The van der Waals surface area contributed by atoms with E-state index in [1.165, 1.54) is 37.4 Å². The number of thioether (sulfide) groups is 1. The summed E-state index contributed by atoms with van der Waals surface area (Å²) in [6.45, 7) is 1.86. The molecule has 0 unspecified atom stereocenters. The summed E-state index contributed by atoms with van der Waals surface area (Å²) in [6, 6.07) is 0.314. The second kappa shape index (κ2) is 6.89. The molecule has 1 amide bonds. The zero-order valence-corrected chi connectivity index (χ0v) is 12.4. The van der Waals surface area contributed by atoms with Gasteiger partial charge in [0, 0.05) is 12.2 Å². The van der Waals surface area contributed by atoms with E-state index in [1.807, 2.05) is 13.2 Å². The van der Waals surface area contributed by atoms with Gasteiger partial charge in [0.05, 0.1) is 11.3 Å². The van der Waals surface area contributed by atoms with Crippen LogP contribution in [-0.2, 0) is 0 Å². The fourth-order valence-corrected chi connectivity index (χ4v) is 2.84. The molecule has 1 heterocycles. The van der Waals surface area contributed by atoms with E-state index in [9.17, 15) is 4.79 Å². The van der Waals surface area contributed by atoms with Crippen molar-refractivity contribution in [3.05, 3.63) is 17.5 Å². The van der Waals surface area contributed by atoms with Crippen LogP contribution in [-0.4, -0.2) is 28.2 Å². The van der Waals surface area contributed by atoms with Crippen molar-refractivity contribution < 1.29 is 4.79 Å². The number of hydrogen-bond donors (Lipinski definition) is 1. The first kappa shape index (κ1) is 14.3. The van der Waals surface area contributed by atoms with E-state index in [0.717, 1.165) is 18.5 Å². The van der Waals surface area contributed by atoms with Crippen LogP contribution in [0.25, 0.3) is 0 Å². The van der Waals surface area contributed by atoms with Crippen molar-refractivity contribution in [2.24, 2.45) is 0 Å². The third kappa shape index (κ3) is 3.93. The number of nitrogens with one attached hydrogen (secondary N) is 1. The molecular formula is C14H21N3OS. The van der Waals surface area contributed by atoms with Crippen LogP contribution in [0.15, 0.2) is 11.4 Å². The Morgan fingerprint density at radius 2 is 2.00 bits per heavy atom. The molecule has 0 aliphatic heterocycles. The van der Waals surface area contributed by atoms with Gasteiger partial charge in [-0.2, -0.15) is 0 Å². The molecule has 1 N–H and O–H groups in total. The van der Waals surface area contributed by atoms with Crippen molar-refractivity contribution in [2.75, 3.05) is 6.26 Å². The van der Waals surface area contributed by atoms with Gasteiger partial charge >= 0.3 is 0 Å². The average molecular weight is 279 g/mol. The standard InChI is InChI=1S/C14H21N3OS/c1-10-12(9-15-14(16-10)19-2)13(18)17-11-7-5-3-4-6-8-11/h9,11H,3-8H2,1-2H3,(H,17,18). The predicted octanol–water partition coefficient (Wildman–Crippen LogP) is 2.96. The SMILES string of the molecule is CSc1ncc(C(=O)NC2CCCCCC2)c(C)n1. The maximum Gasteiger partial charge on any atom is 0.254 e. The first-order chi connectivity index (χ1) is 9.20. The minimum Gasteiger partial charge on any atom is -0.349 e. The molecule has 0 saturated heterocycles. The van der Waals surface area contributed by atoms with Crippen molar-refractivity contribution in [3.8, 4) is 0 Å². The largest absolute Gasteiger partial charge is 0.349 e. The third-order valence-electron chi connectivity index (χ3n) is 3.57. The lowest BCUT2D eigenvalue weighted by atomic mass is 10.1. The molecule has 0 spiro atoms. The molecule has 0 aromatic carbocycles. The summed E-state index contributed by atoms with van der Waals surface area (Å²) < 4.78 is 0. The number of rotatable bonds is 3. The van der Waals surface area contributed by atoms with Crippen LogP contribution in [0.2, 0.25) is 0 Å². The normalized spacial score (nSPS) is 16.9. The molecule has 19 heavy (non-hydrogen) atoms. The zero-order chi connectivity index (χ0) is 13.7. The average Bonchev–Trinajstić information content (AvgIpc) is 2.67. The first-order valence-electron chi connectivity index (χ1n) is 6.89. The summed E-state index contributed by atoms with van der Waals surface area (Å²) in [5.74, 6) is -0.0305. The molecule has 4 nitrogen and oxygen atoms in total. The van der Waals surface area contributed by atoms with Gasteiger partial charge in [0.1, 0.15) is 0 Å². The van der Waals surface area contributed by atoms with E-state index < -0.39 is 0 Å². The van der Waals surface area contributed by atoms with Crippen molar-refractivity contribution in [1.29, 1.82) is 0 Å². The highest BCUT2D eigenvalue weighted by molar-refractivity contribution is 7.98. The number of aryl methyl sites for hydroxylation is 1. The molecule has 1 fully saturated rings. The van der Waals surface area contributed by atoms with Crippen molar-refractivity contribution in [1.82, 2.24) is 15.3 Å². The van der Waals surface area contributed by atoms with Gasteiger partial charge in [0.15, 0.2) is 5.16 Å². The van der Waals surface area contributed by atoms with E-state index >= 15 is 0 Å². The second-order valence-electron chi connectivity index (χ2n) is 5.02. The van der Waals surface area contributed by atoms with Gasteiger partial charge in [-0.1, -0.05) is 37.4 Å². The van der Waals surface area contributed by atoms with Gasteiger partial charge in [-0.25, -0.2) is 9.97 Å². The first-order valence-corrected chi connectivity index (χ1v) is 8.11. The molecule has 1 aliphatic carbocycles. The minimum atomic E-state index is -0.0305. The molecule has 1 aromatic rings. The molecule has 0 radical (unpaired) electrons. The van der Waals surface area contributed by atoms with Crippen LogP contribution < -0.4 is 5.32 Å². The van der Waals surface area contributed by atoms with Crippen molar-refractivity contribution >= 4 is 17.7 Å². The molecule has 1 saturated carbocycles. The fraction of sp³-hybridized carbons (Fsp3) is 0.643. The fourth-order valence-electron chi connectivity index (χ4n) is 2.45. The zero-order valence-electron chi connectivity index (χ0n) is 11.6. The van der Waals surface area contributed by atoms with Crippen molar-refractivity contribution in [2.45, 2.75) is 56.6 Å². The number of carbonyl (C=O) groups excluding carboxylic acids is 1. The monoisotopic (exact) mass is 279 g/mol. The molecule has 2 rings (SSSR count). The van der Waals surface area contributed by atoms with E-state index in [4.69, 9.17) is 0 Å². The lowest BCUT2D eigenvalue weighted by Crippen LogP contribution is -2.35. The Morgan fingerprint density at radius 1 is 1.32 bits per heavy atom. The number of hydrogen-bond acceptors (Lipinski definition) is 4. The van der Waals surface area contributed by atoms with Crippen LogP contribution in [0.4, 0.5) is 0 Å². The van der Waals surface area contributed by atoms with Gasteiger partial charge in [-0.05, 0) is 26.0 Å². The van der Waals surface area contributed by atoms with Crippen LogP contribution in [0.3, 0.4) is 0 Å². The highest BCUT2D eigenvalue weighted by Crippen LogP contribution is 2.18. The molecular weight excluding hydrogens is 258 g/mol. The summed E-state index contributed by atoms with van der Waals surface area (Å²) in [6.07, 6.45) is 10.8. The van der Waals surface area contributed by atoms with Gasteiger partial charge in [0.25, 0.3) is 5.91 Å². The lowest BCUT2D eigenvalue weighted by Gasteiger charge is -2.16. The Kier molecular flexibility index (Phi) is 5.19. The lowest BCUT2D eigenvalue weighted by molar-refractivity contribution is 0.0931. The van der Waals surface area contributed by atoms with Crippen LogP contribution in [0, 0.1) is 6.92 Å². The number of amides is 1. The summed E-state index contributed by atoms with van der Waals surface area (Å²) in [7, 11) is 0. The molecule has 5 heteroatoms. The Balaban J connectivity index is 2.02. The highest BCUT2D eigenvalue weighted by atomic mass is 32.2. The van der Waals surface area contributed by atoms with E-state index in [1.54, 1.807) is 6.20 Å². The maximum absolute atomic E-state index is 12.2. The highest BCUT2D eigenvalue weighted by Gasteiger charge is 2.17. The molecule has 104 valence electrons.